The second-order valence-corrected chi connectivity index (χ2v) is 10.9. The van der Waals surface area contributed by atoms with Gasteiger partial charge >= 0.3 is 6.18 Å². The van der Waals surface area contributed by atoms with Gasteiger partial charge < -0.3 is 25.0 Å². The molecule has 2 aromatic heterocycles. The third kappa shape index (κ3) is 6.56. The van der Waals surface area contributed by atoms with E-state index in [9.17, 15) is 37.0 Å². The number of alkyl halides is 3. The molecule has 0 radical (unpaired) electrons. The molecule has 2 aromatic carbocycles. The van der Waals surface area contributed by atoms with Crippen LogP contribution in [0.1, 0.15) is 29.4 Å². The van der Waals surface area contributed by atoms with Crippen molar-refractivity contribution in [2.24, 2.45) is 0 Å². The van der Waals surface area contributed by atoms with Crippen LogP contribution in [0.2, 0.25) is 10.0 Å². The van der Waals surface area contributed by atoms with Crippen LogP contribution in [0.25, 0.3) is 16.9 Å². The Kier molecular flexibility index (Phi) is 9.63. The van der Waals surface area contributed by atoms with Crippen molar-refractivity contribution in [3.63, 3.8) is 0 Å². The summed E-state index contributed by atoms with van der Waals surface area (Å²) in [5.41, 5.74) is -1.76. The smallest absolute Gasteiger partial charge is 0.394 e. The van der Waals surface area contributed by atoms with Crippen molar-refractivity contribution in [1.82, 2.24) is 35.1 Å². The molecule has 0 aliphatic carbocycles. The molecule has 1 unspecified atom stereocenters. The highest BCUT2D eigenvalue weighted by Crippen LogP contribution is 2.42. The molecule has 1 amide bonds. The number of halogens is 7. The molecule has 1 fully saturated rings. The van der Waals surface area contributed by atoms with Crippen molar-refractivity contribution in [3.05, 3.63) is 75.4 Å². The number of benzene rings is 2. The van der Waals surface area contributed by atoms with E-state index in [0.717, 1.165) is 39.7 Å². The Morgan fingerprint density at radius 2 is 1.87 bits per heavy atom. The molecule has 1 aliphatic heterocycles. The van der Waals surface area contributed by atoms with Gasteiger partial charge in [-0.1, -0.05) is 28.4 Å². The number of hydrogen-bond donors (Lipinski definition) is 3. The second-order valence-electron chi connectivity index (χ2n) is 10.1. The molecule has 0 spiro atoms. The molecule has 3 N–H and O–H groups in total. The molecular formula is C27H24Cl2F5N7O5. The first-order chi connectivity index (χ1) is 21.7. The van der Waals surface area contributed by atoms with Gasteiger partial charge in [0.2, 0.25) is 5.91 Å². The number of aromatic nitrogens is 6. The van der Waals surface area contributed by atoms with Gasteiger partial charge in [-0.3, -0.25) is 4.79 Å². The van der Waals surface area contributed by atoms with Crippen molar-refractivity contribution in [3.8, 4) is 16.9 Å². The van der Waals surface area contributed by atoms with Gasteiger partial charge in [-0.15, -0.1) is 5.10 Å². The first-order valence-electron chi connectivity index (χ1n) is 13.4. The number of likely N-dealkylation sites (N-methyl/N-ethyl adjacent to an activating group) is 1. The van der Waals surface area contributed by atoms with E-state index in [1.807, 2.05) is 0 Å². The Morgan fingerprint density at radius 1 is 1.17 bits per heavy atom. The predicted molar refractivity (Wildman–Crippen MR) is 150 cm³/mol. The second kappa shape index (κ2) is 13.2. The van der Waals surface area contributed by atoms with Crippen molar-refractivity contribution < 1.29 is 46.4 Å². The lowest BCUT2D eigenvalue weighted by atomic mass is 9.91. The van der Waals surface area contributed by atoms with Crippen LogP contribution in [-0.4, -0.2) is 84.5 Å². The molecule has 0 saturated carbocycles. The number of nitrogens with one attached hydrogen (secondary N) is 1. The minimum absolute atomic E-state index is 0.00908. The highest BCUT2D eigenvalue weighted by atomic mass is 35.5. The van der Waals surface area contributed by atoms with E-state index >= 15 is 0 Å². The Morgan fingerprint density at radius 3 is 2.50 bits per heavy atom. The van der Waals surface area contributed by atoms with E-state index in [1.165, 1.54) is 20.2 Å². The van der Waals surface area contributed by atoms with Crippen molar-refractivity contribution >= 4 is 29.1 Å². The average molecular weight is 692 g/mol. The van der Waals surface area contributed by atoms with E-state index in [4.69, 9.17) is 32.7 Å². The highest BCUT2D eigenvalue weighted by Gasteiger charge is 2.50. The fourth-order valence-electron chi connectivity index (χ4n) is 5.01. The maximum atomic E-state index is 14.2. The Balaban J connectivity index is 1.66. The van der Waals surface area contributed by atoms with Gasteiger partial charge in [0, 0.05) is 17.6 Å². The third-order valence-corrected chi connectivity index (χ3v) is 7.73. The summed E-state index contributed by atoms with van der Waals surface area (Å²) in [6.45, 7) is -0.00414. The topological polar surface area (TPSA) is 149 Å². The molecule has 19 heteroatoms. The van der Waals surface area contributed by atoms with E-state index in [1.54, 1.807) is 0 Å². The Hall–Kier alpha value is -3.74. The van der Waals surface area contributed by atoms with Crippen LogP contribution in [0.4, 0.5) is 22.0 Å². The summed E-state index contributed by atoms with van der Waals surface area (Å²) in [7, 11) is 1.33. The first kappa shape index (κ1) is 33.6. The number of ether oxygens (including phenoxy) is 2. The van der Waals surface area contributed by atoms with Crippen LogP contribution >= 0.6 is 23.2 Å². The predicted octanol–water partition coefficient (Wildman–Crippen LogP) is 3.60. The standard InChI is InChI=1S/C27H24Cl2F5N7O5/c1-11-36-26(41(38-11)18-7-13(28)3-4-14(18)27(32,33)34)25-24(45-10-20(43)35-2)22(23(44)19(9-42)46-25)40-8-17(37-39-40)12-5-15(30)21(29)16(31)6-12/h3-8,19,22-25,42,44H,9-10H2,1-2H3,(H,35,43)/t19-,22+,23?,24-,25-/m1/s1. The molecule has 4 aromatic rings. The molecule has 246 valence electrons. The van der Waals surface area contributed by atoms with E-state index < -0.39 is 83.7 Å². The number of aryl methyl sites for hydroxylation is 1. The third-order valence-electron chi connectivity index (χ3n) is 7.13. The number of nitrogens with zero attached hydrogens (tertiary/aromatic N) is 6. The van der Waals surface area contributed by atoms with Gasteiger partial charge in [0.15, 0.2) is 5.82 Å². The molecule has 46 heavy (non-hydrogen) atoms. The number of hydrogen-bond acceptors (Lipinski definition) is 9. The number of carbonyl (C=O) groups is 1. The van der Waals surface area contributed by atoms with E-state index in [-0.39, 0.29) is 27.9 Å². The highest BCUT2D eigenvalue weighted by molar-refractivity contribution is 6.31. The number of carbonyl (C=O) groups excluding carboxylic acids is 1. The average Bonchev–Trinajstić information content (AvgIpc) is 3.64. The number of aliphatic hydroxyl groups excluding tert-OH is 2. The zero-order valence-electron chi connectivity index (χ0n) is 23.7. The van der Waals surface area contributed by atoms with Crippen LogP contribution in [0.15, 0.2) is 36.5 Å². The van der Waals surface area contributed by atoms with Crippen molar-refractivity contribution in [2.45, 2.75) is 43.6 Å². The lowest BCUT2D eigenvalue weighted by molar-refractivity contribution is -0.223. The number of amides is 1. The van der Waals surface area contributed by atoms with Gasteiger partial charge in [-0.2, -0.15) is 18.3 Å². The van der Waals surface area contributed by atoms with E-state index in [2.05, 4.69) is 25.7 Å². The zero-order chi connectivity index (χ0) is 33.5. The lowest BCUT2D eigenvalue weighted by Gasteiger charge is -2.43. The zero-order valence-corrected chi connectivity index (χ0v) is 25.2. The molecule has 12 nitrogen and oxygen atoms in total. The van der Waals surface area contributed by atoms with Crippen molar-refractivity contribution in [2.75, 3.05) is 20.3 Å². The summed E-state index contributed by atoms with van der Waals surface area (Å²) < 4.78 is 84.4. The summed E-state index contributed by atoms with van der Waals surface area (Å²) in [5, 5.41) is 35.1. The fraction of sp³-hybridized carbons (Fsp3) is 0.370. The van der Waals surface area contributed by atoms with Gasteiger partial charge in [0.25, 0.3) is 0 Å². The van der Waals surface area contributed by atoms with Gasteiger partial charge in [-0.25, -0.2) is 23.1 Å². The number of rotatable bonds is 8. The lowest BCUT2D eigenvalue weighted by Crippen LogP contribution is -2.54. The molecular weight excluding hydrogens is 668 g/mol. The van der Waals surface area contributed by atoms with Crippen LogP contribution in [0, 0.1) is 18.6 Å². The molecule has 1 aliphatic rings. The molecule has 3 heterocycles. The van der Waals surface area contributed by atoms with Gasteiger partial charge in [0.05, 0.1) is 24.1 Å². The van der Waals surface area contributed by atoms with Crippen molar-refractivity contribution in [1.29, 1.82) is 0 Å². The Bertz CT molecular complexity index is 1730. The molecule has 0 bridgehead atoms. The van der Waals surface area contributed by atoms with Crippen LogP contribution < -0.4 is 5.32 Å². The molecule has 1 saturated heterocycles. The maximum Gasteiger partial charge on any atom is 0.418 e. The summed E-state index contributed by atoms with van der Waals surface area (Å²) >= 11 is 11.7. The minimum Gasteiger partial charge on any atom is -0.394 e. The quantitative estimate of drug-likeness (QED) is 0.186. The summed E-state index contributed by atoms with van der Waals surface area (Å²) in [5.74, 6) is -3.01. The molecule has 5 rings (SSSR count). The summed E-state index contributed by atoms with van der Waals surface area (Å²) in [4.78, 5) is 16.5. The number of aliphatic hydroxyl groups is 2. The Labute approximate surface area is 266 Å². The van der Waals surface area contributed by atoms with Crippen LogP contribution in [-0.2, 0) is 20.4 Å². The SMILES string of the molecule is CNC(=O)CO[C@H]1[C@H](c2nc(C)nn2-c2cc(Cl)ccc2C(F)(F)F)O[C@H](CO)C(O)[C@@H]1n1cc(-c2cc(F)c(Cl)c(F)c2)nn1. The van der Waals surface area contributed by atoms with Crippen LogP contribution in [0.3, 0.4) is 0 Å². The summed E-state index contributed by atoms with van der Waals surface area (Å²) in [6.07, 6.45) is -9.63. The first-order valence-corrected chi connectivity index (χ1v) is 14.1. The van der Waals surface area contributed by atoms with Gasteiger partial charge in [0.1, 0.15) is 65.2 Å². The fourth-order valence-corrected chi connectivity index (χ4v) is 5.28. The summed E-state index contributed by atoms with van der Waals surface area (Å²) in [6, 6.07) is 3.30. The van der Waals surface area contributed by atoms with E-state index in [0.29, 0.717) is 0 Å². The molecule has 5 atom stereocenters. The van der Waals surface area contributed by atoms with Gasteiger partial charge in [-0.05, 0) is 37.3 Å². The maximum absolute atomic E-state index is 14.2. The largest absolute Gasteiger partial charge is 0.418 e. The normalized spacial score (nSPS) is 21.8. The minimum atomic E-state index is -4.84. The van der Waals surface area contributed by atoms with Crippen LogP contribution in [0.5, 0.6) is 0 Å². The monoisotopic (exact) mass is 691 g/mol.